The number of aryl methyl sites for hydroxylation is 1. The molecule has 0 aliphatic carbocycles. The smallest absolute Gasteiger partial charge is 0.288 e. The Bertz CT molecular complexity index is 1030. The van der Waals surface area contributed by atoms with Crippen LogP contribution in [0.1, 0.15) is 15.9 Å². The van der Waals surface area contributed by atoms with Crippen molar-refractivity contribution in [3.8, 4) is 17.0 Å². The van der Waals surface area contributed by atoms with E-state index in [1.165, 1.54) is 12.1 Å². The number of benzene rings is 2. The number of hydrogen-bond donors (Lipinski definition) is 1. The molecular formula is C17H13ClN4O5. The van der Waals surface area contributed by atoms with Gasteiger partial charge < -0.3 is 10.1 Å². The summed E-state index contributed by atoms with van der Waals surface area (Å²) in [6.45, 7) is 1.85. The average molecular weight is 389 g/mol. The molecule has 0 radical (unpaired) electrons. The number of nitrogens with zero attached hydrogens (tertiary/aromatic N) is 3. The number of rotatable bonds is 5. The second-order valence-electron chi connectivity index (χ2n) is 5.52. The Kier molecular flexibility index (Phi) is 5.04. The molecule has 0 unspecified atom stereocenters. The molecule has 2 aromatic carbocycles. The SMILES string of the molecule is COc1ccc(-c2nonc2NC(=O)c2ccc(Cl)c([N+](=O)[O-])c2)c(C)c1. The highest BCUT2D eigenvalue weighted by Gasteiger charge is 2.20. The van der Waals surface area contributed by atoms with Gasteiger partial charge in [0.15, 0.2) is 5.69 Å². The quantitative estimate of drug-likeness (QED) is 0.520. The van der Waals surface area contributed by atoms with Crippen LogP contribution in [0.5, 0.6) is 5.75 Å². The minimum atomic E-state index is -0.664. The van der Waals surface area contributed by atoms with Crippen LogP contribution < -0.4 is 10.1 Å². The maximum atomic E-state index is 12.5. The van der Waals surface area contributed by atoms with Crippen LogP contribution in [0, 0.1) is 17.0 Å². The molecule has 9 nitrogen and oxygen atoms in total. The fraction of sp³-hybridized carbons (Fsp3) is 0.118. The molecule has 27 heavy (non-hydrogen) atoms. The predicted octanol–water partition coefficient (Wildman–Crippen LogP) is 3.87. The third kappa shape index (κ3) is 3.72. The third-order valence-corrected chi connectivity index (χ3v) is 4.13. The molecule has 1 amide bonds. The molecule has 0 fully saturated rings. The molecule has 0 spiro atoms. The molecule has 0 aliphatic heterocycles. The summed E-state index contributed by atoms with van der Waals surface area (Å²) in [5.41, 5.74) is 1.53. The minimum absolute atomic E-state index is 0.0477. The van der Waals surface area contributed by atoms with Crippen molar-refractivity contribution in [2.24, 2.45) is 0 Å². The number of hydrogen-bond acceptors (Lipinski definition) is 7. The lowest BCUT2D eigenvalue weighted by Gasteiger charge is -2.07. The Balaban J connectivity index is 1.90. The monoisotopic (exact) mass is 388 g/mol. The molecule has 1 N–H and O–H groups in total. The third-order valence-electron chi connectivity index (χ3n) is 3.81. The van der Waals surface area contributed by atoms with Gasteiger partial charge in [-0.05, 0) is 53.1 Å². The fourth-order valence-electron chi connectivity index (χ4n) is 2.45. The zero-order valence-corrected chi connectivity index (χ0v) is 15.0. The maximum Gasteiger partial charge on any atom is 0.288 e. The summed E-state index contributed by atoms with van der Waals surface area (Å²) in [6.07, 6.45) is 0. The highest BCUT2D eigenvalue weighted by atomic mass is 35.5. The van der Waals surface area contributed by atoms with E-state index in [1.807, 2.05) is 6.92 Å². The van der Waals surface area contributed by atoms with E-state index in [4.69, 9.17) is 21.0 Å². The molecule has 3 aromatic rings. The first-order valence-electron chi connectivity index (χ1n) is 7.63. The normalized spacial score (nSPS) is 10.5. The number of nitro groups is 1. The van der Waals surface area contributed by atoms with Gasteiger partial charge in [0.2, 0.25) is 5.82 Å². The van der Waals surface area contributed by atoms with Crippen molar-refractivity contribution >= 4 is 29.0 Å². The van der Waals surface area contributed by atoms with Crippen molar-refractivity contribution in [1.29, 1.82) is 0 Å². The lowest BCUT2D eigenvalue weighted by molar-refractivity contribution is -0.384. The van der Waals surface area contributed by atoms with Crippen LogP contribution in [0.2, 0.25) is 5.02 Å². The minimum Gasteiger partial charge on any atom is -0.497 e. The molecule has 10 heteroatoms. The highest BCUT2D eigenvalue weighted by Crippen LogP contribution is 2.31. The standard InChI is InChI=1S/C17H13ClN4O5/c1-9-7-11(26-2)4-5-12(9)15-16(21-27-20-15)19-17(23)10-3-6-13(18)14(8-10)22(24)25/h3-8H,1-2H3,(H,19,21,23). The van der Waals surface area contributed by atoms with Gasteiger partial charge in [-0.2, -0.15) is 0 Å². The number of methoxy groups -OCH3 is 1. The van der Waals surface area contributed by atoms with Crippen LogP contribution in [-0.2, 0) is 0 Å². The summed E-state index contributed by atoms with van der Waals surface area (Å²) in [7, 11) is 1.56. The maximum absolute atomic E-state index is 12.5. The van der Waals surface area contributed by atoms with Gasteiger partial charge in [-0.15, -0.1) is 0 Å². The second kappa shape index (κ2) is 7.42. The van der Waals surface area contributed by atoms with Crippen LogP contribution in [0.25, 0.3) is 11.3 Å². The zero-order chi connectivity index (χ0) is 19.6. The van der Waals surface area contributed by atoms with Crippen molar-refractivity contribution < 1.29 is 19.1 Å². The van der Waals surface area contributed by atoms with E-state index in [-0.39, 0.29) is 22.1 Å². The lowest BCUT2D eigenvalue weighted by atomic mass is 10.1. The van der Waals surface area contributed by atoms with E-state index in [2.05, 4.69) is 15.6 Å². The van der Waals surface area contributed by atoms with Gasteiger partial charge in [0.25, 0.3) is 11.6 Å². The Morgan fingerprint density at radius 2 is 2.04 bits per heavy atom. The number of amides is 1. The van der Waals surface area contributed by atoms with Gasteiger partial charge in [-0.3, -0.25) is 14.9 Å². The van der Waals surface area contributed by atoms with Crippen LogP contribution in [0.3, 0.4) is 0 Å². The molecule has 0 bridgehead atoms. The number of ether oxygens (including phenoxy) is 1. The van der Waals surface area contributed by atoms with Crippen molar-refractivity contribution in [2.75, 3.05) is 12.4 Å². The first-order valence-corrected chi connectivity index (χ1v) is 8.01. The van der Waals surface area contributed by atoms with Crippen molar-refractivity contribution in [2.45, 2.75) is 6.92 Å². The van der Waals surface area contributed by atoms with E-state index in [0.717, 1.165) is 11.6 Å². The summed E-state index contributed by atoms with van der Waals surface area (Å²) in [5, 5.41) is 21.0. The zero-order valence-electron chi connectivity index (χ0n) is 14.2. The van der Waals surface area contributed by atoms with E-state index >= 15 is 0 Å². The lowest BCUT2D eigenvalue weighted by Crippen LogP contribution is -2.13. The van der Waals surface area contributed by atoms with Crippen molar-refractivity contribution in [3.05, 3.63) is 62.7 Å². The molecular weight excluding hydrogens is 376 g/mol. The van der Waals surface area contributed by atoms with Crippen LogP contribution in [-0.4, -0.2) is 28.3 Å². The number of carbonyl (C=O) groups excluding carboxylic acids is 1. The van der Waals surface area contributed by atoms with E-state index in [1.54, 1.807) is 25.3 Å². The van der Waals surface area contributed by atoms with Crippen LogP contribution in [0.15, 0.2) is 41.0 Å². The molecule has 138 valence electrons. The summed E-state index contributed by atoms with van der Waals surface area (Å²) < 4.78 is 9.92. The van der Waals surface area contributed by atoms with Gasteiger partial charge in [0.05, 0.1) is 12.0 Å². The topological polar surface area (TPSA) is 120 Å². The number of aromatic nitrogens is 2. The summed E-state index contributed by atoms with van der Waals surface area (Å²) in [4.78, 5) is 22.8. The Hall–Kier alpha value is -3.46. The average Bonchev–Trinajstić information content (AvgIpc) is 3.09. The summed E-state index contributed by atoms with van der Waals surface area (Å²) in [5.74, 6) is 0.149. The van der Waals surface area contributed by atoms with Gasteiger partial charge in [0.1, 0.15) is 10.8 Å². The molecule has 0 saturated heterocycles. The van der Waals surface area contributed by atoms with Crippen molar-refractivity contribution in [1.82, 2.24) is 10.3 Å². The molecule has 3 rings (SSSR count). The highest BCUT2D eigenvalue weighted by molar-refractivity contribution is 6.32. The van der Waals surface area contributed by atoms with Crippen molar-refractivity contribution in [3.63, 3.8) is 0 Å². The van der Waals surface area contributed by atoms with E-state index in [9.17, 15) is 14.9 Å². The molecule has 1 aromatic heterocycles. The molecule has 0 saturated carbocycles. The number of anilines is 1. The Morgan fingerprint density at radius 1 is 1.26 bits per heavy atom. The van der Waals surface area contributed by atoms with Crippen LogP contribution in [0.4, 0.5) is 11.5 Å². The van der Waals surface area contributed by atoms with Gasteiger partial charge in [-0.25, -0.2) is 4.63 Å². The summed E-state index contributed by atoms with van der Waals surface area (Å²) >= 11 is 5.77. The fourth-order valence-corrected chi connectivity index (χ4v) is 2.64. The Labute approximate surface area is 158 Å². The van der Waals surface area contributed by atoms with E-state index in [0.29, 0.717) is 17.0 Å². The predicted molar refractivity (Wildman–Crippen MR) is 97.1 cm³/mol. The van der Waals surface area contributed by atoms with Gasteiger partial charge in [0, 0.05) is 17.2 Å². The largest absolute Gasteiger partial charge is 0.497 e. The van der Waals surface area contributed by atoms with Gasteiger partial charge >= 0.3 is 0 Å². The number of carbonyl (C=O) groups is 1. The first-order chi connectivity index (χ1) is 12.9. The molecule has 0 atom stereocenters. The Morgan fingerprint density at radius 3 is 2.70 bits per heavy atom. The first kappa shape index (κ1) is 18.3. The number of nitro benzene ring substituents is 1. The number of nitrogens with one attached hydrogen (secondary N) is 1. The van der Waals surface area contributed by atoms with Crippen LogP contribution >= 0.6 is 11.6 Å². The molecule has 1 heterocycles. The molecule has 0 aliphatic rings. The van der Waals surface area contributed by atoms with Gasteiger partial charge in [-0.1, -0.05) is 11.6 Å². The second-order valence-corrected chi connectivity index (χ2v) is 5.93. The summed E-state index contributed by atoms with van der Waals surface area (Å²) in [6, 6.07) is 9.05. The number of halogens is 1. The van der Waals surface area contributed by atoms with E-state index < -0.39 is 10.8 Å².